The summed E-state index contributed by atoms with van der Waals surface area (Å²) in [4.78, 5) is 25.7. The first kappa shape index (κ1) is 17.5. The molecule has 1 aliphatic rings. The van der Waals surface area contributed by atoms with Crippen molar-refractivity contribution in [3.8, 4) is 0 Å². The highest BCUT2D eigenvalue weighted by Gasteiger charge is 2.22. The van der Waals surface area contributed by atoms with Crippen molar-refractivity contribution in [1.29, 1.82) is 0 Å². The van der Waals surface area contributed by atoms with Gasteiger partial charge in [0.25, 0.3) is 5.91 Å². The van der Waals surface area contributed by atoms with Crippen LogP contribution >= 0.6 is 12.4 Å². The van der Waals surface area contributed by atoms with E-state index in [4.69, 9.17) is 0 Å². The quantitative estimate of drug-likeness (QED) is 0.892. The molecule has 1 fully saturated rings. The van der Waals surface area contributed by atoms with E-state index in [-0.39, 0.29) is 30.1 Å². The van der Waals surface area contributed by atoms with Crippen molar-refractivity contribution < 1.29 is 9.59 Å². The average Bonchev–Trinajstić information content (AvgIpc) is 2.94. The lowest BCUT2D eigenvalue weighted by atomic mass is 10.1. The molecule has 0 radical (unpaired) electrons. The largest absolute Gasteiger partial charge is 0.345 e. The van der Waals surface area contributed by atoms with E-state index in [2.05, 4.69) is 10.6 Å². The van der Waals surface area contributed by atoms with Crippen molar-refractivity contribution in [2.24, 2.45) is 5.92 Å². The number of nitrogens with zero attached hydrogens (tertiary/aromatic N) is 1. The Hall–Kier alpha value is -1.59. The molecule has 116 valence electrons. The van der Waals surface area contributed by atoms with Gasteiger partial charge in [-0.15, -0.1) is 12.4 Å². The Balaban J connectivity index is 0.00000220. The molecule has 0 spiro atoms. The number of carbonyl (C=O) groups is 2. The number of rotatable bonds is 3. The van der Waals surface area contributed by atoms with Crippen molar-refractivity contribution in [3.63, 3.8) is 0 Å². The first-order valence-electron chi connectivity index (χ1n) is 6.83. The van der Waals surface area contributed by atoms with Crippen LogP contribution in [0.25, 0.3) is 0 Å². The molecule has 1 heterocycles. The van der Waals surface area contributed by atoms with Gasteiger partial charge in [-0.1, -0.05) is 6.07 Å². The molecule has 1 atom stereocenters. The summed E-state index contributed by atoms with van der Waals surface area (Å²) in [7, 11) is 3.44. The summed E-state index contributed by atoms with van der Waals surface area (Å²) in [5.41, 5.74) is 2.21. The maximum atomic E-state index is 12.1. The predicted molar refractivity (Wildman–Crippen MR) is 86.1 cm³/mol. The second-order valence-corrected chi connectivity index (χ2v) is 5.41. The molecule has 0 aromatic heterocycles. The number of anilines is 1. The monoisotopic (exact) mass is 311 g/mol. The van der Waals surface area contributed by atoms with Crippen LogP contribution in [0, 0.1) is 12.8 Å². The van der Waals surface area contributed by atoms with Crippen molar-refractivity contribution in [1.82, 2.24) is 10.2 Å². The molecule has 1 aliphatic heterocycles. The van der Waals surface area contributed by atoms with E-state index in [1.54, 1.807) is 20.2 Å². The highest BCUT2D eigenvalue weighted by atomic mass is 35.5. The van der Waals surface area contributed by atoms with Crippen LogP contribution in [0.3, 0.4) is 0 Å². The zero-order chi connectivity index (χ0) is 14.7. The molecule has 1 unspecified atom stereocenters. The van der Waals surface area contributed by atoms with Gasteiger partial charge >= 0.3 is 0 Å². The minimum Gasteiger partial charge on any atom is -0.345 e. The minimum atomic E-state index is -0.0545. The molecule has 1 saturated heterocycles. The number of nitrogens with one attached hydrogen (secondary N) is 2. The fourth-order valence-corrected chi connectivity index (χ4v) is 2.29. The molecule has 2 N–H and O–H groups in total. The number of amides is 2. The molecule has 2 rings (SSSR count). The van der Waals surface area contributed by atoms with Gasteiger partial charge in [0.15, 0.2) is 0 Å². The molecule has 21 heavy (non-hydrogen) atoms. The van der Waals surface area contributed by atoms with Crippen LogP contribution in [0.15, 0.2) is 18.2 Å². The molecule has 0 saturated carbocycles. The van der Waals surface area contributed by atoms with Gasteiger partial charge in [0.05, 0.1) is 5.92 Å². The third kappa shape index (κ3) is 4.19. The summed E-state index contributed by atoms with van der Waals surface area (Å²) in [6.45, 7) is 3.50. The number of carbonyl (C=O) groups excluding carboxylic acids is 2. The van der Waals surface area contributed by atoms with Gasteiger partial charge in [-0.2, -0.15) is 0 Å². The van der Waals surface area contributed by atoms with Crippen molar-refractivity contribution >= 4 is 29.9 Å². The van der Waals surface area contributed by atoms with E-state index < -0.39 is 0 Å². The molecule has 0 aliphatic carbocycles. The summed E-state index contributed by atoms with van der Waals surface area (Å²) in [5.74, 6) is -0.0208. The van der Waals surface area contributed by atoms with Gasteiger partial charge in [-0.25, -0.2) is 0 Å². The average molecular weight is 312 g/mol. The van der Waals surface area contributed by atoms with Crippen molar-refractivity contribution in [2.75, 3.05) is 32.5 Å². The zero-order valence-electron chi connectivity index (χ0n) is 12.6. The summed E-state index contributed by atoms with van der Waals surface area (Å²) in [6, 6.07) is 5.44. The number of halogens is 1. The van der Waals surface area contributed by atoms with Gasteiger partial charge in [0.2, 0.25) is 5.91 Å². The van der Waals surface area contributed by atoms with Gasteiger partial charge in [0.1, 0.15) is 0 Å². The Morgan fingerprint density at radius 3 is 2.62 bits per heavy atom. The Bertz CT molecular complexity index is 526. The lowest BCUT2D eigenvalue weighted by Gasteiger charge is -2.15. The lowest BCUT2D eigenvalue weighted by molar-refractivity contribution is -0.119. The summed E-state index contributed by atoms with van der Waals surface area (Å²) < 4.78 is 0. The van der Waals surface area contributed by atoms with Crippen LogP contribution < -0.4 is 10.6 Å². The molecule has 1 aromatic carbocycles. The first-order valence-corrected chi connectivity index (χ1v) is 6.83. The van der Waals surface area contributed by atoms with Crippen LogP contribution in [0.5, 0.6) is 0 Å². The second-order valence-electron chi connectivity index (χ2n) is 5.41. The van der Waals surface area contributed by atoms with Gasteiger partial charge < -0.3 is 15.5 Å². The molecular formula is C15H22ClN3O2. The number of aryl methyl sites for hydroxylation is 1. The van der Waals surface area contributed by atoms with Crippen molar-refractivity contribution in [2.45, 2.75) is 13.3 Å². The SMILES string of the molecule is Cc1ccc(NC(=O)C2CCNC2)cc1C(=O)N(C)C.Cl. The molecule has 5 nitrogen and oxygen atoms in total. The second kappa shape index (κ2) is 7.43. The predicted octanol–water partition coefficient (Wildman–Crippen LogP) is 1.67. The van der Waals surface area contributed by atoms with Crippen LogP contribution in [0.2, 0.25) is 0 Å². The molecule has 1 aromatic rings. The van der Waals surface area contributed by atoms with E-state index in [0.717, 1.165) is 25.1 Å². The molecular weight excluding hydrogens is 290 g/mol. The Morgan fingerprint density at radius 2 is 2.05 bits per heavy atom. The lowest BCUT2D eigenvalue weighted by Crippen LogP contribution is -2.25. The van der Waals surface area contributed by atoms with Gasteiger partial charge in [-0.3, -0.25) is 9.59 Å². The fraction of sp³-hybridized carbons (Fsp3) is 0.467. The minimum absolute atomic E-state index is 0. The molecule has 2 amide bonds. The highest BCUT2D eigenvalue weighted by molar-refractivity contribution is 5.98. The van der Waals surface area contributed by atoms with E-state index >= 15 is 0 Å². The summed E-state index contributed by atoms with van der Waals surface area (Å²) in [6.07, 6.45) is 0.862. The summed E-state index contributed by atoms with van der Waals surface area (Å²) in [5, 5.41) is 6.07. The van der Waals surface area contributed by atoms with Gasteiger partial charge in [0, 0.05) is 31.9 Å². The van der Waals surface area contributed by atoms with E-state index in [1.165, 1.54) is 4.90 Å². The van der Waals surface area contributed by atoms with E-state index in [1.807, 2.05) is 19.1 Å². The maximum absolute atomic E-state index is 12.1. The van der Waals surface area contributed by atoms with Crippen molar-refractivity contribution in [3.05, 3.63) is 29.3 Å². The third-order valence-electron chi connectivity index (χ3n) is 3.57. The third-order valence-corrected chi connectivity index (χ3v) is 3.57. The van der Waals surface area contributed by atoms with Crippen LogP contribution in [0.4, 0.5) is 5.69 Å². The topological polar surface area (TPSA) is 61.4 Å². The first-order chi connectivity index (χ1) is 9.49. The van der Waals surface area contributed by atoms with Crippen LogP contribution in [-0.4, -0.2) is 43.9 Å². The number of benzene rings is 1. The summed E-state index contributed by atoms with van der Waals surface area (Å²) >= 11 is 0. The van der Waals surface area contributed by atoms with E-state index in [0.29, 0.717) is 11.3 Å². The standard InChI is InChI=1S/C15H21N3O2.ClH/c1-10-4-5-12(8-13(10)15(20)18(2)3)17-14(19)11-6-7-16-9-11;/h4-5,8,11,16H,6-7,9H2,1-3H3,(H,17,19);1H. The molecule has 6 heteroatoms. The fourth-order valence-electron chi connectivity index (χ4n) is 2.29. The maximum Gasteiger partial charge on any atom is 0.253 e. The van der Waals surface area contributed by atoms with Crippen LogP contribution in [-0.2, 0) is 4.79 Å². The Kier molecular flexibility index (Phi) is 6.18. The van der Waals surface area contributed by atoms with Crippen LogP contribution in [0.1, 0.15) is 22.3 Å². The Labute approximate surface area is 131 Å². The highest BCUT2D eigenvalue weighted by Crippen LogP contribution is 2.18. The van der Waals surface area contributed by atoms with E-state index in [9.17, 15) is 9.59 Å². The number of hydrogen-bond acceptors (Lipinski definition) is 3. The zero-order valence-corrected chi connectivity index (χ0v) is 13.4. The Morgan fingerprint density at radius 1 is 1.33 bits per heavy atom. The number of hydrogen-bond donors (Lipinski definition) is 2. The van der Waals surface area contributed by atoms with Gasteiger partial charge in [-0.05, 0) is 37.6 Å². The normalized spacial score (nSPS) is 17.0. The smallest absolute Gasteiger partial charge is 0.253 e. The molecule has 0 bridgehead atoms.